The molecule has 0 bridgehead atoms. The van der Waals surface area contributed by atoms with Crippen LogP contribution in [0.2, 0.25) is 0 Å². The molecule has 0 saturated carbocycles. The molecule has 3 N–H and O–H groups in total. The highest BCUT2D eigenvalue weighted by Gasteiger charge is 2.08. The van der Waals surface area contributed by atoms with Crippen molar-refractivity contribution in [3.8, 4) is 11.5 Å². The number of rotatable bonds is 4. The number of hydrogen-bond donors (Lipinski definition) is 1. The Morgan fingerprint density at radius 1 is 1.23 bits per heavy atom. The van der Waals surface area contributed by atoms with Crippen LogP contribution < -0.4 is 15.2 Å². The van der Waals surface area contributed by atoms with Crippen LogP contribution in [0.3, 0.4) is 0 Å². The number of methoxy groups -OCH3 is 2. The van der Waals surface area contributed by atoms with E-state index in [4.69, 9.17) is 9.47 Å². The van der Waals surface area contributed by atoms with Gasteiger partial charge in [0.05, 0.1) is 20.8 Å². The molecule has 0 fully saturated rings. The molecule has 0 amide bonds. The zero-order valence-electron chi connectivity index (χ0n) is 8.17. The summed E-state index contributed by atoms with van der Waals surface area (Å²) in [4.78, 5) is 0. The molecular weight excluding hydrogens is 166 g/mol. The molecule has 0 spiro atoms. The summed E-state index contributed by atoms with van der Waals surface area (Å²) in [5.74, 6) is 1.61. The molecular formula is C10H16NO2+. The highest BCUT2D eigenvalue weighted by Crippen LogP contribution is 2.30. The van der Waals surface area contributed by atoms with Crippen molar-refractivity contribution in [1.82, 2.24) is 0 Å². The number of ether oxygens (including phenoxy) is 2. The van der Waals surface area contributed by atoms with Crippen LogP contribution in [0.5, 0.6) is 11.5 Å². The second-order valence-electron chi connectivity index (χ2n) is 2.76. The number of hydrogen-bond acceptors (Lipinski definition) is 2. The number of quaternary nitrogens is 1. The molecule has 1 aromatic rings. The minimum Gasteiger partial charge on any atom is -0.493 e. The van der Waals surface area contributed by atoms with Crippen LogP contribution in [-0.4, -0.2) is 20.8 Å². The summed E-state index contributed by atoms with van der Waals surface area (Å²) >= 11 is 0. The first-order valence-electron chi connectivity index (χ1n) is 4.32. The summed E-state index contributed by atoms with van der Waals surface area (Å²) < 4.78 is 10.4. The van der Waals surface area contributed by atoms with E-state index in [0.717, 1.165) is 30.0 Å². The third-order valence-corrected chi connectivity index (χ3v) is 1.93. The molecule has 0 aliphatic rings. The number of benzene rings is 1. The summed E-state index contributed by atoms with van der Waals surface area (Å²) in [5, 5.41) is 0. The van der Waals surface area contributed by atoms with Crippen molar-refractivity contribution in [3.63, 3.8) is 0 Å². The third kappa shape index (κ3) is 2.12. The van der Waals surface area contributed by atoms with E-state index in [-0.39, 0.29) is 0 Å². The predicted octanol–water partition coefficient (Wildman–Crippen LogP) is 0.488. The number of para-hydroxylation sites is 1. The van der Waals surface area contributed by atoms with Crippen molar-refractivity contribution < 1.29 is 15.2 Å². The minimum absolute atomic E-state index is 0.786. The van der Waals surface area contributed by atoms with E-state index in [1.165, 1.54) is 0 Å². The van der Waals surface area contributed by atoms with E-state index in [2.05, 4.69) is 5.73 Å². The van der Waals surface area contributed by atoms with Crippen molar-refractivity contribution in [2.45, 2.75) is 6.42 Å². The average molecular weight is 182 g/mol. The van der Waals surface area contributed by atoms with Gasteiger partial charge in [0.15, 0.2) is 11.5 Å². The molecule has 1 aromatic carbocycles. The summed E-state index contributed by atoms with van der Waals surface area (Å²) in [6, 6.07) is 5.89. The van der Waals surface area contributed by atoms with Gasteiger partial charge in [0.2, 0.25) is 0 Å². The van der Waals surface area contributed by atoms with E-state index in [9.17, 15) is 0 Å². The first-order chi connectivity index (χ1) is 6.33. The van der Waals surface area contributed by atoms with Crippen molar-refractivity contribution >= 4 is 0 Å². The van der Waals surface area contributed by atoms with Crippen LogP contribution in [-0.2, 0) is 6.42 Å². The van der Waals surface area contributed by atoms with Gasteiger partial charge in [-0.2, -0.15) is 0 Å². The van der Waals surface area contributed by atoms with Gasteiger partial charge in [-0.1, -0.05) is 12.1 Å². The molecule has 3 heteroatoms. The maximum atomic E-state index is 5.27. The molecule has 0 aliphatic heterocycles. The molecule has 0 radical (unpaired) electrons. The van der Waals surface area contributed by atoms with Crippen LogP contribution in [0, 0.1) is 0 Å². The molecule has 3 nitrogen and oxygen atoms in total. The molecule has 0 saturated heterocycles. The van der Waals surface area contributed by atoms with Crippen LogP contribution in [0.1, 0.15) is 5.56 Å². The van der Waals surface area contributed by atoms with Crippen LogP contribution >= 0.6 is 0 Å². The smallest absolute Gasteiger partial charge is 0.164 e. The highest BCUT2D eigenvalue weighted by molar-refractivity contribution is 5.46. The van der Waals surface area contributed by atoms with E-state index in [0.29, 0.717) is 0 Å². The fourth-order valence-corrected chi connectivity index (χ4v) is 1.34. The van der Waals surface area contributed by atoms with Gasteiger partial charge >= 0.3 is 0 Å². The van der Waals surface area contributed by atoms with Gasteiger partial charge in [-0.05, 0) is 6.07 Å². The normalized spacial score (nSPS) is 9.77. The Morgan fingerprint density at radius 2 is 2.00 bits per heavy atom. The lowest BCUT2D eigenvalue weighted by molar-refractivity contribution is -0.366. The Hall–Kier alpha value is -1.22. The molecule has 0 atom stereocenters. The fraction of sp³-hybridized carbons (Fsp3) is 0.400. The Bertz CT molecular complexity index is 274. The second kappa shape index (κ2) is 4.72. The molecule has 0 aliphatic carbocycles. The quantitative estimate of drug-likeness (QED) is 0.736. The van der Waals surface area contributed by atoms with Gasteiger partial charge in [-0.15, -0.1) is 0 Å². The van der Waals surface area contributed by atoms with Crippen LogP contribution in [0.15, 0.2) is 18.2 Å². The lowest BCUT2D eigenvalue weighted by Gasteiger charge is -2.10. The maximum absolute atomic E-state index is 5.27. The summed E-state index contributed by atoms with van der Waals surface area (Å²) in [5.41, 5.74) is 4.97. The largest absolute Gasteiger partial charge is 0.493 e. The van der Waals surface area contributed by atoms with Gasteiger partial charge in [0.1, 0.15) is 0 Å². The average Bonchev–Trinajstić information content (AvgIpc) is 2.18. The van der Waals surface area contributed by atoms with Crippen LogP contribution in [0.25, 0.3) is 0 Å². The lowest BCUT2D eigenvalue weighted by Crippen LogP contribution is -2.51. The second-order valence-corrected chi connectivity index (χ2v) is 2.76. The Morgan fingerprint density at radius 3 is 2.54 bits per heavy atom. The topological polar surface area (TPSA) is 46.1 Å². The lowest BCUT2D eigenvalue weighted by atomic mass is 10.1. The molecule has 13 heavy (non-hydrogen) atoms. The third-order valence-electron chi connectivity index (χ3n) is 1.93. The molecule has 72 valence electrons. The zero-order chi connectivity index (χ0) is 9.68. The Kier molecular flexibility index (Phi) is 3.58. The van der Waals surface area contributed by atoms with Crippen LogP contribution in [0.4, 0.5) is 0 Å². The monoisotopic (exact) mass is 182 g/mol. The van der Waals surface area contributed by atoms with Gasteiger partial charge in [0.25, 0.3) is 0 Å². The van der Waals surface area contributed by atoms with E-state index in [1.807, 2.05) is 18.2 Å². The highest BCUT2D eigenvalue weighted by atomic mass is 16.5. The summed E-state index contributed by atoms with van der Waals surface area (Å²) in [7, 11) is 3.30. The fourth-order valence-electron chi connectivity index (χ4n) is 1.34. The van der Waals surface area contributed by atoms with Crippen molar-refractivity contribution in [2.24, 2.45) is 0 Å². The molecule has 0 unspecified atom stereocenters. The van der Waals surface area contributed by atoms with Gasteiger partial charge in [-0.25, -0.2) is 0 Å². The minimum atomic E-state index is 0.786. The Labute approximate surface area is 78.5 Å². The van der Waals surface area contributed by atoms with E-state index in [1.54, 1.807) is 14.2 Å². The molecule has 0 heterocycles. The predicted molar refractivity (Wildman–Crippen MR) is 51.0 cm³/mol. The van der Waals surface area contributed by atoms with Crippen molar-refractivity contribution in [3.05, 3.63) is 23.8 Å². The summed E-state index contributed by atoms with van der Waals surface area (Å²) in [6.45, 7) is 0.865. The zero-order valence-corrected chi connectivity index (χ0v) is 8.17. The SMILES string of the molecule is COc1cccc(CC[NH3+])c1OC. The maximum Gasteiger partial charge on any atom is 0.164 e. The summed E-state index contributed by atoms with van der Waals surface area (Å²) in [6.07, 6.45) is 0.917. The van der Waals surface area contributed by atoms with Gasteiger partial charge in [-0.3, -0.25) is 0 Å². The first kappa shape index (κ1) is 9.86. The standard InChI is InChI=1S/C10H15NO2/c1-12-9-5-3-4-8(6-7-11)10(9)13-2/h3-5H,6-7,11H2,1-2H3/p+1. The molecule has 1 rings (SSSR count). The van der Waals surface area contributed by atoms with Gasteiger partial charge in [0, 0.05) is 12.0 Å². The van der Waals surface area contributed by atoms with Gasteiger partial charge < -0.3 is 15.2 Å². The van der Waals surface area contributed by atoms with Crippen molar-refractivity contribution in [1.29, 1.82) is 0 Å². The van der Waals surface area contributed by atoms with E-state index >= 15 is 0 Å². The van der Waals surface area contributed by atoms with Crippen molar-refractivity contribution in [2.75, 3.05) is 20.8 Å². The first-order valence-corrected chi connectivity index (χ1v) is 4.32. The molecule has 0 aromatic heterocycles. The van der Waals surface area contributed by atoms with E-state index < -0.39 is 0 Å². The Balaban J connectivity index is 3.03.